The van der Waals surface area contributed by atoms with Crippen LogP contribution in [0.4, 0.5) is 18.0 Å². The van der Waals surface area contributed by atoms with Gasteiger partial charge in [-0.1, -0.05) is 37.6 Å². The Labute approximate surface area is 326 Å². The summed E-state index contributed by atoms with van der Waals surface area (Å²) in [6.45, 7) is 9.54. The molecule has 1 aromatic carbocycles. The monoisotopic (exact) mass is 829 g/mol. The molecule has 5 atom stereocenters. The third kappa shape index (κ3) is 8.34. The van der Waals surface area contributed by atoms with Crippen molar-refractivity contribution in [3.8, 4) is 11.6 Å². The zero-order valence-corrected chi connectivity index (χ0v) is 32.7. The number of aromatic nitrogens is 1. The summed E-state index contributed by atoms with van der Waals surface area (Å²) in [5.41, 5.74) is -5.04. The number of carbonyl (C=O) groups excluding carboxylic acids is 4. The summed E-state index contributed by atoms with van der Waals surface area (Å²) in [4.78, 5) is 60.4. The van der Waals surface area contributed by atoms with Gasteiger partial charge in [0.2, 0.25) is 17.7 Å². The number of alkyl halides is 3. The van der Waals surface area contributed by atoms with Crippen LogP contribution in [0.2, 0.25) is 5.02 Å². The summed E-state index contributed by atoms with van der Waals surface area (Å²) in [5, 5.41) is 5.39. The number of hydrogen-bond acceptors (Lipinski definition) is 11. The Morgan fingerprint density at radius 3 is 2.41 bits per heavy atom. The maximum absolute atomic E-state index is 14.6. The number of carbonyl (C=O) groups is 4. The molecule has 4 aliphatic rings. The first-order chi connectivity index (χ1) is 26.2. The minimum atomic E-state index is -4.95. The van der Waals surface area contributed by atoms with Crippen molar-refractivity contribution in [2.45, 2.75) is 108 Å². The lowest BCUT2D eigenvalue weighted by molar-refractivity contribution is -0.199. The largest absolute Gasteiger partial charge is 0.488 e. The second-order valence-corrected chi connectivity index (χ2v) is 16.7. The zero-order chi connectivity index (χ0) is 41.0. The lowest BCUT2D eigenvalue weighted by Crippen LogP contribution is -2.61. The molecule has 0 bridgehead atoms. The first kappa shape index (κ1) is 41.3. The Bertz CT molecular complexity index is 2060. The number of nitrogens with zero attached hydrogens (tertiary/aromatic N) is 2. The van der Waals surface area contributed by atoms with Gasteiger partial charge in [0.25, 0.3) is 5.91 Å². The van der Waals surface area contributed by atoms with E-state index in [4.69, 9.17) is 30.0 Å². The highest BCUT2D eigenvalue weighted by Gasteiger charge is 2.71. The average Bonchev–Trinajstić information content (AvgIpc) is 4.05. The molecule has 1 aliphatic heterocycles. The van der Waals surface area contributed by atoms with E-state index >= 15 is 0 Å². The number of alkyl carbamates (subject to hydrolysis) is 1. The summed E-state index contributed by atoms with van der Waals surface area (Å²) in [7, 11) is -4.58. The van der Waals surface area contributed by atoms with Crippen molar-refractivity contribution in [2.24, 2.45) is 11.3 Å². The average molecular weight is 830 g/mol. The lowest BCUT2D eigenvalue weighted by Gasteiger charge is -2.34. The number of pyridine rings is 1. The van der Waals surface area contributed by atoms with Crippen LogP contribution in [0.3, 0.4) is 0 Å². The number of para-hydroxylation sites is 1. The van der Waals surface area contributed by atoms with Crippen molar-refractivity contribution in [3.05, 3.63) is 41.6 Å². The molecular weight excluding hydrogens is 787 g/mol. The molecule has 2 heterocycles. The summed E-state index contributed by atoms with van der Waals surface area (Å²) in [5.74, 6) is -3.61. The highest BCUT2D eigenvalue weighted by atomic mass is 35.5. The normalized spacial score (nSPS) is 25.1. The van der Waals surface area contributed by atoms with E-state index in [9.17, 15) is 40.8 Å². The van der Waals surface area contributed by atoms with Crippen LogP contribution < -0.4 is 24.8 Å². The number of likely N-dealkylation sites (tertiary alicyclic amines) is 1. The minimum absolute atomic E-state index is 0.0343. The maximum Gasteiger partial charge on any atom is 0.412 e. The number of halogens is 4. The molecule has 3 aliphatic carbocycles. The predicted molar refractivity (Wildman–Crippen MR) is 193 cm³/mol. The molecule has 3 saturated carbocycles. The highest BCUT2D eigenvalue weighted by Crippen LogP contribution is 2.60. The number of amides is 4. The van der Waals surface area contributed by atoms with Gasteiger partial charge in [-0.3, -0.25) is 14.4 Å². The van der Waals surface area contributed by atoms with E-state index in [1.54, 1.807) is 39.0 Å². The van der Waals surface area contributed by atoms with Crippen LogP contribution in [0.5, 0.6) is 11.6 Å². The Morgan fingerprint density at radius 1 is 1.14 bits per heavy atom. The number of benzene rings is 1. The van der Waals surface area contributed by atoms with E-state index in [2.05, 4.69) is 22.2 Å². The molecule has 1 unspecified atom stereocenters. The minimum Gasteiger partial charge on any atom is -0.488 e. The number of fused-ring (bicyclic) bond motifs is 1. The molecule has 0 radical (unpaired) electrons. The first-order valence-corrected chi connectivity index (χ1v) is 19.9. The maximum atomic E-state index is 14.6. The van der Waals surface area contributed by atoms with E-state index in [0.29, 0.717) is 30.2 Å². The molecule has 15 nitrogen and oxygen atoms in total. The van der Waals surface area contributed by atoms with Gasteiger partial charge < -0.3 is 29.7 Å². The van der Waals surface area contributed by atoms with Crippen molar-refractivity contribution in [2.75, 3.05) is 13.2 Å². The van der Waals surface area contributed by atoms with Gasteiger partial charge in [0.1, 0.15) is 29.5 Å². The predicted octanol–water partition coefficient (Wildman–Crippen LogP) is 4.82. The first-order valence-electron chi connectivity index (χ1n) is 18.2. The Kier molecular flexibility index (Phi) is 11.0. The Morgan fingerprint density at radius 2 is 1.84 bits per heavy atom. The second-order valence-electron chi connectivity index (χ2n) is 15.0. The lowest BCUT2D eigenvalue weighted by atomic mass is 9.94. The topological polar surface area (TPSA) is 192 Å². The van der Waals surface area contributed by atoms with Crippen LogP contribution >= 0.6 is 11.6 Å². The molecule has 20 heteroatoms. The van der Waals surface area contributed by atoms with Crippen LogP contribution in [-0.2, 0) is 33.6 Å². The van der Waals surface area contributed by atoms with Crippen LogP contribution in [0.15, 0.2) is 36.6 Å². The molecule has 4 amide bonds. The van der Waals surface area contributed by atoms with Gasteiger partial charge >= 0.3 is 22.6 Å². The number of allylic oxidation sites excluding steroid dienone is 1. The van der Waals surface area contributed by atoms with Gasteiger partial charge in [0, 0.05) is 17.9 Å². The van der Waals surface area contributed by atoms with E-state index in [0.717, 1.165) is 4.90 Å². The van der Waals surface area contributed by atoms with Crippen LogP contribution in [0.1, 0.15) is 72.6 Å². The van der Waals surface area contributed by atoms with Crippen molar-refractivity contribution < 1.29 is 59.2 Å². The van der Waals surface area contributed by atoms with E-state index in [1.807, 2.05) is 4.72 Å². The smallest absolute Gasteiger partial charge is 0.412 e. The summed E-state index contributed by atoms with van der Waals surface area (Å²) in [6, 6.07) is 2.61. The van der Waals surface area contributed by atoms with Gasteiger partial charge in [-0.15, -0.1) is 0 Å². The number of hydrogen-bond donors (Lipinski definition) is 3. The summed E-state index contributed by atoms with van der Waals surface area (Å²) >= 11 is 6.43. The second kappa shape index (κ2) is 14.9. The SMILES string of the molecule is C=C(C)OC(=O)NC(C(=O)N1C[C@H](Oc2cc(OCC)nc3c(Cl)cccc23)C[C@H]1C(=O)N[C@]1(C(=O)NS(=O)(=O)OC2(C)CC2)C[C@H]1CC)C1(C(F)(F)F)CC1. The Balaban J connectivity index is 1.34. The number of ether oxygens (including phenoxy) is 3. The highest BCUT2D eigenvalue weighted by molar-refractivity contribution is 7.85. The zero-order valence-electron chi connectivity index (χ0n) is 31.1. The summed E-state index contributed by atoms with van der Waals surface area (Å²) < 4.78 is 93.3. The molecule has 56 heavy (non-hydrogen) atoms. The van der Waals surface area contributed by atoms with Gasteiger partial charge in [-0.05, 0) is 70.9 Å². The van der Waals surface area contributed by atoms with Crippen molar-refractivity contribution >= 4 is 56.6 Å². The third-order valence-corrected chi connectivity index (χ3v) is 12.0. The molecule has 306 valence electrons. The molecule has 1 aromatic heterocycles. The molecule has 1 saturated heterocycles. The van der Waals surface area contributed by atoms with Crippen molar-refractivity contribution in [1.29, 1.82) is 0 Å². The number of nitrogens with one attached hydrogen (secondary N) is 3. The van der Waals surface area contributed by atoms with Gasteiger partial charge in [-0.25, -0.2) is 18.7 Å². The summed E-state index contributed by atoms with van der Waals surface area (Å²) in [6.07, 6.45) is -7.33. The fourth-order valence-corrected chi connectivity index (χ4v) is 8.54. The molecule has 6 rings (SSSR count). The molecule has 2 aromatic rings. The van der Waals surface area contributed by atoms with E-state index in [1.165, 1.54) is 13.0 Å². The molecule has 4 fully saturated rings. The third-order valence-electron chi connectivity index (χ3n) is 10.7. The standard InChI is InChI=1S/C36H43ClF3N5O10S/c1-6-20-17-35(20,31(48)44-56(50,51)55-33(5)11-12-33)43-29(46)24-15-21(54-25-16-26(52-7-2)41-27-22(25)9-8-10-23(27)37)18-45(24)30(47)28(42-32(49)53-19(3)4)34(13-14-34)36(38,39)40/h8-10,16,20-21,24,28H,3,6-7,11-15,17-18H2,1-2,4-5H3,(H,42,49)(H,43,46)(H,44,48)/t20-,21-,24+,28?,35-/m1/s1. The van der Waals surface area contributed by atoms with E-state index in [-0.39, 0.29) is 41.9 Å². The van der Waals surface area contributed by atoms with Crippen LogP contribution in [0.25, 0.3) is 10.9 Å². The fraction of sp³-hybridized carbons (Fsp3) is 0.583. The fourth-order valence-electron chi connectivity index (χ4n) is 7.18. The van der Waals surface area contributed by atoms with Crippen LogP contribution in [-0.4, -0.2) is 90.8 Å². The van der Waals surface area contributed by atoms with Gasteiger partial charge in [0.15, 0.2) is 0 Å². The Hall–Kier alpha value is -4.36. The van der Waals surface area contributed by atoms with Crippen molar-refractivity contribution in [3.63, 3.8) is 0 Å². The van der Waals surface area contributed by atoms with Crippen LogP contribution in [0, 0.1) is 11.3 Å². The molecule has 3 N–H and O–H groups in total. The quantitative estimate of drug-likeness (QED) is 0.209. The molecular formula is C36H43ClF3N5O10S. The molecule has 0 spiro atoms. The van der Waals surface area contributed by atoms with Gasteiger partial charge in [0.05, 0.1) is 40.5 Å². The number of rotatable bonds is 15. The van der Waals surface area contributed by atoms with Crippen molar-refractivity contribution in [1.82, 2.24) is 25.2 Å². The van der Waals surface area contributed by atoms with E-state index < -0.39 is 100 Å². The van der Waals surface area contributed by atoms with Gasteiger partial charge in [-0.2, -0.15) is 21.6 Å².